The molecule has 0 atom stereocenters. The van der Waals surface area contributed by atoms with Crippen LogP contribution in [0.15, 0.2) is 103 Å². The summed E-state index contributed by atoms with van der Waals surface area (Å²) in [5.74, 6) is 0. The number of hydrogen-bond donors (Lipinski definition) is 0. The third-order valence-electron chi connectivity index (χ3n) is 4.61. The maximum absolute atomic E-state index is 2.28. The molecular formula is C25H20. The van der Waals surface area contributed by atoms with Gasteiger partial charge in [0, 0.05) is 0 Å². The van der Waals surface area contributed by atoms with Crippen LogP contribution in [-0.2, 0) is 0 Å². The minimum atomic E-state index is 1.25. The normalized spacial score (nSPS) is 10.6. The zero-order valence-electron chi connectivity index (χ0n) is 14.3. The molecule has 0 heterocycles. The molecule has 4 aromatic rings. The molecule has 0 saturated heterocycles. The van der Waals surface area contributed by atoms with E-state index in [9.17, 15) is 0 Å². The zero-order chi connectivity index (χ0) is 17.1. The van der Waals surface area contributed by atoms with Gasteiger partial charge in [0.15, 0.2) is 0 Å². The van der Waals surface area contributed by atoms with Gasteiger partial charge in [0.05, 0.1) is 0 Å². The molecule has 0 spiro atoms. The molecule has 25 heavy (non-hydrogen) atoms. The molecule has 0 heteroatoms. The van der Waals surface area contributed by atoms with E-state index in [-0.39, 0.29) is 0 Å². The van der Waals surface area contributed by atoms with E-state index < -0.39 is 0 Å². The SMILES string of the molecule is Cc1cc(-c2cccc(-c3ccccc3)c2)ccc1-c1ccccc1. The zero-order valence-corrected chi connectivity index (χ0v) is 14.3. The molecule has 0 aromatic heterocycles. The highest BCUT2D eigenvalue weighted by Gasteiger charge is 2.05. The lowest BCUT2D eigenvalue weighted by Gasteiger charge is -2.10. The lowest BCUT2D eigenvalue weighted by atomic mass is 9.94. The molecule has 4 rings (SSSR count). The second kappa shape index (κ2) is 6.78. The maximum Gasteiger partial charge on any atom is -0.0154 e. The maximum atomic E-state index is 2.28. The Morgan fingerprint density at radius 1 is 0.400 bits per heavy atom. The van der Waals surface area contributed by atoms with Crippen molar-refractivity contribution >= 4 is 0 Å². The van der Waals surface area contributed by atoms with Crippen LogP contribution in [0.4, 0.5) is 0 Å². The lowest BCUT2D eigenvalue weighted by molar-refractivity contribution is 1.45. The minimum Gasteiger partial charge on any atom is -0.0622 e. The molecule has 0 fully saturated rings. The fourth-order valence-corrected chi connectivity index (χ4v) is 3.29. The first-order chi connectivity index (χ1) is 12.3. The Morgan fingerprint density at radius 2 is 0.920 bits per heavy atom. The summed E-state index contributed by atoms with van der Waals surface area (Å²) in [4.78, 5) is 0. The van der Waals surface area contributed by atoms with E-state index in [0.29, 0.717) is 0 Å². The van der Waals surface area contributed by atoms with Gasteiger partial charge in [-0.25, -0.2) is 0 Å². The molecule has 0 N–H and O–H groups in total. The summed E-state index contributed by atoms with van der Waals surface area (Å²) in [6, 6.07) is 36.6. The summed E-state index contributed by atoms with van der Waals surface area (Å²) in [7, 11) is 0. The minimum absolute atomic E-state index is 1.25. The summed E-state index contributed by atoms with van der Waals surface area (Å²) < 4.78 is 0. The summed E-state index contributed by atoms with van der Waals surface area (Å²) >= 11 is 0. The highest BCUT2D eigenvalue weighted by Crippen LogP contribution is 2.30. The van der Waals surface area contributed by atoms with Crippen molar-refractivity contribution in [2.24, 2.45) is 0 Å². The molecule has 0 aliphatic rings. The number of hydrogen-bond acceptors (Lipinski definition) is 0. The van der Waals surface area contributed by atoms with Crippen molar-refractivity contribution in [2.45, 2.75) is 6.92 Å². The standard InChI is InChI=1S/C25H20/c1-19-17-24(15-16-25(19)21-11-6-3-7-12-21)23-14-8-13-22(18-23)20-9-4-2-5-10-20/h2-18H,1H3. The summed E-state index contributed by atoms with van der Waals surface area (Å²) in [6.07, 6.45) is 0. The molecule has 0 unspecified atom stereocenters. The Morgan fingerprint density at radius 3 is 1.56 bits per heavy atom. The van der Waals surface area contributed by atoms with Crippen molar-refractivity contribution < 1.29 is 0 Å². The topological polar surface area (TPSA) is 0 Å². The van der Waals surface area contributed by atoms with Gasteiger partial charge in [-0.15, -0.1) is 0 Å². The van der Waals surface area contributed by atoms with Crippen LogP contribution in [0.5, 0.6) is 0 Å². The van der Waals surface area contributed by atoms with Crippen LogP contribution in [0, 0.1) is 6.92 Å². The van der Waals surface area contributed by atoms with E-state index in [1.165, 1.54) is 38.9 Å². The van der Waals surface area contributed by atoms with Crippen molar-refractivity contribution in [1.29, 1.82) is 0 Å². The smallest absolute Gasteiger partial charge is 0.0154 e. The van der Waals surface area contributed by atoms with Crippen molar-refractivity contribution in [3.8, 4) is 33.4 Å². The fourth-order valence-electron chi connectivity index (χ4n) is 3.29. The monoisotopic (exact) mass is 320 g/mol. The van der Waals surface area contributed by atoms with Gasteiger partial charge in [0.1, 0.15) is 0 Å². The van der Waals surface area contributed by atoms with Crippen LogP contribution in [0.2, 0.25) is 0 Å². The van der Waals surface area contributed by atoms with Gasteiger partial charge in [-0.3, -0.25) is 0 Å². The Bertz CT molecular complexity index is 983. The number of aryl methyl sites for hydroxylation is 1. The molecule has 0 aliphatic carbocycles. The first-order valence-electron chi connectivity index (χ1n) is 8.63. The van der Waals surface area contributed by atoms with Crippen molar-refractivity contribution in [2.75, 3.05) is 0 Å². The van der Waals surface area contributed by atoms with Crippen molar-refractivity contribution in [3.63, 3.8) is 0 Å². The highest BCUT2D eigenvalue weighted by atomic mass is 14.1. The Balaban J connectivity index is 1.72. The third kappa shape index (κ3) is 3.25. The van der Waals surface area contributed by atoms with E-state index in [1.807, 2.05) is 0 Å². The quantitative estimate of drug-likeness (QED) is 0.381. The van der Waals surface area contributed by atoms with E-state index in [1.54, 1.807) is 0 Å². The highest BCUT2D eigenvalue weighted by molar-refractivity contribution is 5.76. The van der Waals surface area contributed by atoms with Crippen LogP contribution in [0.1, 0.15) is 5.56 Å². The van der Waals surface area contributed by atoms with E-state index in [0.717, 1.165) is 0 Å². The molecule has 0 amide bonds. The average molecular weight is 320 g/mol. The van der Waals surface area contributed by atoms with Crippen molar-refractivity contribution in [3.05, 3.63) is 109 Å². The van der Waals surface area contributed by atoms with Gasteiger partial charge in [-0.1, -0.05) is 97.1 Å². The number of benzene rings is 4. The molecule has 120 valence electrons. The van der Waals surface area contributed by atoms with Crippen LogP contribution in [0.25, 0.3) is 33.4 Å². The van der Waals surface area contributed by atoms with Gasteiger partial charge in [-0.2, -0.15) is 0 Å². The van der Waals surface area contributed by atoms with Gasteiger partial charge in [-0.05, 0) is 51.9 Å². The van der Waals surface area contributed by atoms with E-state index in [4.69, 9.17) is 0 Å². The molecule has 4 aromatic carbocycles. The predicted octanol–water partition coefficient (Wildman–Crippen LogP) is 7.00. The number of rotatable bonds is 3. The van der Waals surface area contributed by atoms with Crippen LogP contribution in [0.3, 0.4) is 0 Å². The Labute approximate surface area is 149 Å². The summed E-state index contributed by atoms with van der Waals surface area (Å²) in [5.41, 5.74) is 8.88. The second-order valence-corrected chi connectivity index (χ2v) is 6.34. The van der Waals surface area contributed by atoms with Gasteiger partial charge in [0.2, 0.25) is 0 Å². The predicted molar refractivity (Wildman–Crippen MR) is 107 cm³/mol. The van der Waals surface area contributed by atoms with Crippen LogP contribution < -0.4 is 0 Å². The Hall–Kier alpha value is -3.12. The van der Waals surface area contributed by atoms with Crippen LogP contribution >= 0.6 is 0 Å². The van der Waals surface area contributed by atoms with Crippen LogP contribution in [-0.4, -0.2) is 0 Å². The molecule has 0 saturated carbocycles. The molecule has 0 nitrogen and oxygen atoms in total. The Kier molecular flexibility index (Phi) is 4.18. The first kappa shape index (κ1) is 15.4. The van der Waals surface area contributed by atoms with Gasteiger partial charge < -0.3 is 0 Å². The molecule has 0 aliphatic heterocycles. The van der Waals surface area contributed by atoms with Gasteiger partial charge >= 0.3 is 0 Å². The molecule has 0 bridgehead atoms. The van der Waals surface area contributed by atoms with Crippen molar-refractivity contribution in [1.82, 2.24) is 0 Å². The lowest BCUT2D eigenvalue weighted by Crippen LogP contribution is -1.86. The van der Waals surface area contributed by atoms with Gasteiger partial charge in [0.25, 0.3) is 0 Å². The third-order valence-corrected chi connectivity index (χ3v) is 4.61. The molecule has 0 radical (unpaired) electrons. The summed E-state index contributed by atoms with van der Waals surface area (Å²) in [5, 5.41) is 0. The van der Waals surface area contributed by atoms with E-state index >= 15 is 0 Å². The second-order valence-electron chi connectivity index (χ2n) is 6.34. The molecular weight excluding hydrogens is 300 g/mol. The first-order valence-corrected chi connectivity index (χ1v) is 8.63. The average Bonchev–Trinajstić information content (AvgIpc) is 2.69. The largest absolute Gasteiger partial charge is 0.0622 e. The summed E-state index contributed by atoms with van der Waals surface area (Å²) in [6.45, 7) is 2.19. The fraction of sp³-hybridized carbons (Fsp3) is 0.0400. The van der Waals surface area contributed by atoms with E-state index in [2.05, 4.69) is 110 Å².